The van der Waals surface area contributed by atoms with Crippen LogP contribution in [0.2, 0.25) is 5.02 Å². The number of rotatable bonds is 5. The Bertz CT molecular complexity index is 1200. The molecular formula is C24H24ClN5O2. The lowest BCUT2D eigenvalue weighted by Crippen LogP contribution is -2.27. The molecule has 0 radical (unpaired) electrons. The molecule has 1 amide bonds. The third-order valence-electron chi connectivity index (χ3n) is 5.54. The quantitative estimate of drug-likeness (QED) is 0.578. The van der Waals surface area contributed by atoms with Crippen LogP contribution in [0, 0.1) is 5.92 Å². The van der Waals surface area contributed by atoms with Gasteiger partial charge in [-0.05, 0) is 49.8 Å². The topological polar surface area (TPSA) is 89.2 Å². The van der Waals surface area contributed by atoms with Gasteiger partial charge >= 0.3 is 0 Å². The smallest absolute Gasteiger partial charge is 0.255 e. The number of pyridine rings is 1. The summed E-state index contributed by atoms with van der Waals surface area (Å²) in [5.41, 5.74) is 2.04. The van der Waals surface area contributed by atoms with Gasteiger partial charge < -0.3 is 5.32 Å². The van der Waals surface area contributed by atoms with E-state index in [0.29, 0.717) is 22.6 Å². The van der Waals surface area contributed by atoms with Crippen molar-refractivity contribution in [3.63, 3.8) is 0 Å². The first-order valence-corrected chi connectivity index (χ1v) is 11.0. The van der Waals surface area contributed by atoms with E-state index in [-0.39, 0.29) is 17.5 Å². The van der Waals surface area contributed by atoms with E-state index in [9.17, 15) is 9.59 Å². The second-order valence-corrected chi connectivity index (χ2v) is 8.31. The van der Waals surface area contributed by atoms with Gasteiger partial charge in [-0.25, -0.2) is 15.0 Å². The highest BCUT2D eigenvalue weighted by Gasteiger charge is 2.21. The molecule has 1 saturated carbocycles. The minimum Gasteiger partial charge on any atom is -0.351 e. The Hall–Kier alpha value is -3.32. The number of aliphatic imine (C=N–C) groups is 1. The van der Waals surface area contributed by atoms with Crippen molar-refractivity contribution in [3.8, 4) is 16.9 Å². The predicted octanol–water partition coefficient (Wildman–Crippen LogP) is 4.54. The van der Waals surface area contributed by atoms with E-state index in [2.05, 4.69) is 20.3 Å². The molecule has 0 unspecified atom stereocenters. The summed E-state index contributed by atoms with van der Waals surface area (Å²) in [6.07, 6.45) is 8.92. The van der Waals surface area contributed by atoms with E-state index in [4.69, 9.17) is 11.6 Å². The van der Waals surface area contributed by atoms with Gasteiger partial charge in [0.05, 0.1) is 16.9 Å². The number of amides is 1. The number of benzene rings is 1. The van der Waals surface area contributed by atoms with Gasteiger partial charge in [0, 0.05) is 42.7 Å². The summed E-state index contributed by atoms with van der Waals surface area (Å²) in [6, 6.07) is 12.8. The summed E-state index contributed by atoms with van der Waals surface area (Å²) >= 11 is 6.42. The number of hydrogen-bond donors (Lipinski definition) is 1. The van der Waals surface area contributed by atoms with Crippen LogP contribution in [0.25, 0.3) is 16.9 Å². The third-order valence-corrected chi connectivity index (χ3v) is 5.81. The van der Waals surface area contributed by atoms with Crippen molar-refractivity contribution in [2.45, 2.75) is 38.6 Å². The zero-order valence-corrected chi connectivity index (χ0v) is 18.5. The molecule has 4 rings (SSSR count). The van der Waals surface area contributed by atoms with Gasteiger partial charge in [-0.3, -0.25) is 14.2 Å². The second-order valence-electron chi connectivity index (χ2n) is 7.90. The van der Waals surface area contributed by atoms with Crippen LogP contribution in [0.5, 0.6) is 0 Å². The molecule has 164 valence electrons. The molecule has 7 nitrogen and oxygen atoms in total. The summed E-state index contributed by atoms with van der Waals surface area (Å²) < 4.78 is 1.58. The fraction of sp³-hybridized carbons (Fsp3) is 0.292. The van der Waals surface area contributed by atoms with Gasteiger partial charge in [-0.1, -0.05) is 29.8 Å². The van der Waals surface area contributed by atoms with Crippen LogP contribution < -0.4 is 10.9 Å². The summed E-state index contributed by atoms with van der Waals surface area (Å²) in [5.74, 6) is 0.698. The highest BCUT2D eigenvalue weighted by atomic mass is 35.5. The molecule has 0 aliphatic heterocycles. The minimum absolute atomic E-state index is 0.107. The zero-order valence-electron chi connectivity index (χ0n) is 17.7. The molecule has 0 saturated heterocycles. The van der Waals surface area contributed by atoms with E-state index >= 15 is 0 Å². The summed E-state index contributed by atoms with van der Waals surface area (Å²) in [4.78, 5) is 36.1. The summed E-state index contributed by atoms with van der Waals surface area (Å²) in [5, 5.41) is 3.85. The molecule has 3 aromatic rings. The Morgan fingerprint density at radius 2 is 2.00 bits per heavy atom. The largest absolute Gasteiger partial charge is 0.351 e. The van der Waals surface area contributed by atoms with Crippen molar-refractivity contribution in [1.82, 2.24) is 14.5 Å². The molecule has 1 fully saturated rings. The fourth-order valence-corrected chi connectivity index (χ4v) is 4.09. The molecule has 0 bridgehead atoms. The Labute approximate surface area is 191 Å². The Balaban J connectivity index is 1.51. The lowest BCUT2D eigenvalue weighted by molar-refractivity contribution is -0.115. The molecule has 1 aromatic carbocycles. The highest BCUT2D eigenvalue weighted by molar-refractivity contribution is 6.32. The first-order valence-electron chi connectivity index (χ1n) is 10.6. The van der Waals surface area contributed by atoms with Crippen molar-refractivity contribution in [2.75, 3.05) is 5.32 Å². The maximum absolute atomic E-state index is 12.2. The van der Waals surface area contributed by atoms with Gasteiger partial charge in [-0.15, -0.1) is 0 Å². The first-order chi connectivity index (χ1) is 15.5. The van der Waals surface area contributed by atoms with Crippen LogP contribution in [-0.4, -0.2) is 32.7 Å². The molecule has 1 aliphatic rings. The maximum Gasteiger partial charge on any atom is 0.255 e. The number of anilines is 1. The molecule has 2 heterocycles. The van der Waals surface area contributed by atoms with Crippen LogP contribution in [0.1, 0.15) is 32.6 Å². The van der Waals surface area contributed by atoms with Gasteiger partial charge in [0.15, 0.2) is 0 Å². The van der Waals surface area contributed by atoms with Crippen molar-refractivity contribution >= 4 is 29.7 Å². The van der Waals surface area contributed by atoms with Crippen molar-refractivity contribution in [1.29, 1.82) is 0 Å². The molecule has 2 aromatic heterocycles. The predicted molar refractivity (Wildman–Crippen MR) is 127 cm³/mol. The van der Waals surface area contributed by atoms with Crippen molar-refractivity contribution in [3.05, 3.63) is 70.2 Å². The lowest BCUT2D eigenvalue weighted by Gasteiger charge is -2.27. The van der Waals surface area contributed by atoms with E-state index in [1.54, 1.807) is 29.2 Å². The number of halogens is 1. The average molecular weight is 450 g/mol. The number of nitrogens with zero attached hydrogens (tertiary/aromatic N) is 4. The number of carbonyl (C=O) groups excluding carboxylic acids is 1. The zero-order chi connectivity index (χ0) is 22.5. The molecule has 0 spiro atoms. The third kappa shape index (κ3) is 5.29. The minimum atomic E-state index is -0.159. The molecule has 1 aliphatic carbocycles. The van der Waals surface area contributed by atoms with Crippen LogP contribution >= 0.6 is 11.6 Å². The molecule has 0 atom stereocenters. The average Bonchev–Trinajstić information content (AvgIpc) is 2.80. The van der Waals surface area contributed by atoms with Gasteiger partial charge in [0.1, 0.15) is 0 Å². The lowest BCUT2D eigenvalue weighted by atomic mass is 9.87. The van der Waals surface area contributed by atoms with Gasteiger partial charge in [0.25, 0.3) is 5.56 Å². The van der Waals surface area contributed by atoms with Crippen molar-refractivity contribution < 1.29 is 4.79 Å². The van der Waals surface area contributed by atoms with E-state index in [0.717, 1.165) is 36.9 Å². The Morgan fingerprint density at radius 1 is 1.19 bits per heavy atom. The number of hydrogen-bond acceptors (Lipinski definition) is 5. The van der Waals surface area contributed by atoms with E-state index in [1.807, 2.05) is 30.3 Å². The number of nitrogens with one attached hydrogen (secondary N) is 1. The molecule has 32 heavy (non-hydrogen) atoms. The van der Waals surface area contributed by atoms with Crippen LogP contribution in [0.3, 0.4) is 0 Å². The standard InChI is InChI=1S/C24H24ClN5O2/c1-16(31)26-14-17-8-10-19(11-9-17)28-24-27-15-21(25)23(29-24)18-5-4-6-20(13-18)30-12-3-2-7-22(30)32/h2-7,12-15,17,19H,8-11H2,1H3,(H,27,28,29). The summed E-state index contributed by atoms with van der Waals surface area (Å²) in [7, 11) is 0. The molecule has 1 N–H and O–H groups in total. The monoisotopic (exact) mass is 449 g/mol. The van der Waals surface area contributed by atoms with E-state index < -0.39 is 0 Å². The van der Waals surface area contributed by atoms with Gasteiger partial charge in [-0.2, -0.15) is 0 Å². The first kappa shape index (κ1) is 21.9. The number of aromatic nitrogens is 3. The summed E-state index contributed by atoms with van der Waals surface area (Å²) in [6.45, 7) is 1.47. The molecular weight excluding hydrogens is 426 g/mol. The van der Waals surface area contributed by atoms with Crippen LogP contribution in [0.15, 0.2) is 64.6 Å². The van der Waals surface area contributed by atoms with Crippen LogP contribution in [0.4, 0.5) is 5.95 Å². The fourth-order valence-electron chi connectivity index (χ4n) is 3.89. The highest BCUT2D eigenvalue weighted by Crippen LogP contribution is 2.29. The normalized spacial score (nSPS) is 18.6. The van der Waals surface area contributed by atoms with E-state index in [1.165, 1.54) is 13.0 Å². The second kappa shape index (κ2) is 9.87. The Morgan fingerprint density at radius 3 is 2.75 bits per heavy atom. The number of carbonyl (C=O) groups is 1. The maximum atomic E-state index is 12.2. The van der Waals surface area contributed by atoms with Crippen LogP contribution in [-0.2, 0) is 4.79 Å². The molecule has 8 heteroatoms. The SMILES string of the molecule is CC(=O)N=CC1CCC(Nc2ncc(Cl)c(-c3cccc(-n4ccccc4=O)c3)n2)CC1. The Kier molecular flexibility index (Phi) is 6.75. The van der Waals surface area contributed by atoms with Crippen molar-refractivity contribution in [2.24, 2.45) is 10.9 Å². The van der Waals surface area contributed by atoms with Gasteiger partial charge in [0.2, 0.25) is 11.9 Å².